The number of ether oxygens (including phenoxy) is 1. The molecule has 1 heterocycles. The van der Waals surface area contributed by atoms with E-state index < -0.39 is 14.6 Å². The number of sulfone groups is 1. The summed E-state index contributed by atoms with van der Waals surface area (Å²) >= 11 is 5.86. The number of halogens is 1. The molecular formula is C18H24ClNO4S. The maximum Gasteiger partial charge on any atom is 0.241 e. The van der Waals surface area contributed by atoms with Crippen LogP contribution in [0.5, 0.6) is 0 Å². The average Bonchev–Trinajstić information content (AvgIpc) is 3.27. The number of carbonyl (C=O) groups is 1. The first-order valence-corrected chi connectivity index (χ1v) is 10.7. The van der Waals surface area contributed by atoms with E-state index >= 15 is 0 Å². The van der Waals surface area contributed by atoms with Gasteiger partial charge in [0.05, 0.1) is 11.0 Å². The molecule has 0 bridgehead atoms. The summed E-state index contributed by atoms with van der Waals surface area (Å²) in [6, 6.07) is 6.06. The minimum Gasteiger partial charge on any atom is -0.378 e. The zero-order valence-electron chi connectivity index (χ0n) is 14.2. The van der Waals surface area contributed by atoms with Crippen LogP contribution in [0.15, 0.2) is 29.2 Å². The largest absolute Gasteiger partial charge is 0.378 e. The first-order valence-electron chi connectivity index (χ1n) is 8.86. The van der Waals surface area contributed by atoms with Gasteiger partial charge in [0, 0.05) is 18.2 Å². The van der Waals surface area contributed by atoms with E-state index in [1.807, 2.05) is 0 Å². The van der Waals surface area contributed by atoms with Crippen molar-refractivity contribution in [3.05, 3.63) is 29.3 Å². The van der Waals surface area contributed by atoms with Gasteiger partial charge in [0.1, 0.15) is 0 Å². The number of nitrogens with one attached hydrogen (secondary N) is 1. The Morgan fingerprint density at radius 3 is 2.48 bits per heavy atom. The zero-order chi connectivity index (χ0) is 17.9. The molecule has 2 aliphatic rings. The molecule has 0 spiro atoms. The number of rotatable bonds is 6. The summed E-state index contributed by atoms with van der Waals surface area (Å²) in [6.07, 6.45) is 5.17. The summed E-state index contributed by atoms with van der Waals surface area (Å²) in [5, 5.41) is 3.33. The quantitative estimate of drug-likeness (QED) is 0.816. The van der Waals surface area contributed by atoms with Gasteiger partial charge in [-0.25, -0.2) is 8.42 Å². The van der Waals surface area contributed by atoms with Crippen LogP contribution in [0, 0.1) is 0 Å². The van der Waals surface area contributed by atoms with Gasteiger partial charge in [0.2, 0.25) is 5.91 Å². The van der Waals surface area contributed by atoms with Gasteiger partial charge < -0.3 is 10.1 Å². The third-order valence-electron chi connectivity index (χ3n) is 5.24. The van der Waals surface area contributed by atoms with Gasteiger partial charge in [-0.2, -0.15) is 0 Å². The number of carbonyl (C=O) groups excluding carboxylic acids is 1. The van der Waals surface area contributed by atoms with E-state index in [1.165, 1.54) is 12.1 Å². The number of hydrogen-bond acceptors (Lipinski definition) is 4. The summed E-state index contributed by atoms with van der Waals surface area (Å²) in [5.74, 6) is -0.377. The lowest BCUT2D eigenvalue weighted by Gasteiger charge is -2.28. The second-order valence-electron chi connectivity index (χ2n) is 6.84. The Balaban J connectivity index is 1.75. The second-order valence-corrected chi connectivity index (χ2v) is 9.53. The lowest BCUT2D eigenvalue weighted by atomic mass is 10.1. The molecule has 0 aromatic heterocycles. The maximum absolute atomic E-state index is 13.2. The summed E-state index contributed by atoms with van der Waals surface area (Å²) in [5.41, 5.74) is 0. The molecule has 5 nitrogen and oxygen atoms in total. The fraction of sp³-hybridized carbons (Fsp3) is 0.611. The van der Waals surface area contributed by atoms with E-state index in [0.29, 0.717) is 24.4 Å². The predicted molar refractivity (Wildman–Crippen MR) is 96.4 cm³/mol. The Hall–Kier alpha value is -1.11. The van der Waals surface area contributed by atoms with Crippen LogP contribution in [-0.4, -0.2) is 38.3 Å². The first-order chi connectivity index (χ1) is 12.0. The highest BCUT2D eigenvalue weighted by atomic mass is 35.5. The molecule has 1 unspecified atom stereocenters. The third kappa shape index (κ3) is 3.71. The monoisotopic (exact) mass is 385 g/mol. The number of hydrogen-bond donors (Lipinski definition) is 1. The van der Waals surface area contributed by atoms with E-state index in [1.54, 1.807) is 12.1 Å². The summed E-state index contributed by atoms with van der Waals surface area (Å²) < 4.78 is 30.6. The van der Waals surface area contributed by atoms with E-state index in [-0.39, 0.29) is 16.9 Å². The topological polar surface area (TPSA) is 72.5 Å². The molecule has 1 N–H and O–H groups in total. The first kappa shape index (κ1) is 18.7. The molecule has 1 saturated carbocycles. The Bertz CT molecular complexity index is 705. The summed E-state index contributed by atoms with van der Waals surface area (Å²) in [4.78, 5) is 13.0. The van der Waals surface area contributed by atoms with Crippen LogP contribution in [0.3, 0.4) is 0 Å². The SMILES string of the molecule is O=C(NCCC1CCCO1)C1(S(=O)(=O)c2ccc(Cl)cc2)CCCC1. The van der Waals surface area contributed by atoms with Gasteiger partial charge in [-0.15, -0.1) is 0 Å². The van der Waals surface area contributed by atoms with Crippen molar-refractivity contribution in [1.82, 2.24) is 5.32 Å². The predicted octanol–water partition coefficient (Wildman–Crippen LogP) is 3.11. The summed E-state index contributed by atoms with van der Waals surface area (Å²) in [6.45, 7) is 1.22. The van der Waals surface area contributed by atoms with Crippen molar-refractivity contribution >= 4 is 27.3 Å². The van der Waals surface area contributed by atoms with Crippen LogP contribution in [0.1, 0.15) is 44.9 Å². The van der Waals surface area contributed by atoms with Gasteiger partial charge >= 0.3 is 0 Å². The van der Waals surface area contributed by atoms with E-state index in [2.05, 4.69) is 5.32 Å². The van der Waals surface area contributed by atoms with Gasteiger partial charge in [0.25, 0.3) is 0 Å². The van der Waals surface area contributed by atoms with Crippen molar-refractivity contribution < 1.29 is 17.9 Å². The van der Waals surface area contributed by atoms with Crippen LogP contribution in [-0.2, 0) is 19.4 Å². The van der Waals surface area contributed by atoms with Gasteiger partial charge in [-0.3, -0.25) is 4.79 Å². The fourth-order valence-corrected chi connectivity index (χ4v) is 6.00. The molecule has 138 valence electrons. The summed E-state index contributed by atoms with van der Waals surface area (Å²) in [7, 11) is -3.77. The molecular weight excluding hydrogens is 362 g/mol. The molecule has 3 rings (SSSR count). The minimum atomic E-state index is -3.77. The molecule has 1 aliphatic carbocycles. The molecule has 1 atom stereocenters. The number of amides is 1. The smallest absolute Gasteiger partial charge is 0.241 e. The Labute approximate surface area is 154 Å². The Kier molecular flexibility index (Phi) is 5.71. The molecule has 7 heteroatoms. The average molecular weight is 386 g/mol. The molecule has 0 radical (unpaired) electrons. The Morgan fingerprint density at radius 2 is 1.88 bits per heavy atom. The van der Waals surface area contributed by atoms with Crippen molar-refractivity contribution in [2.75, 3.05) is 13.2 Å². The lowest BCUT2D eigenvalue weighted by Crippen LogP contribution is -2.51. The van der Waals surface area contributed by atoms with Crippen molar-refractivity contribution in [3.63, 3.8) is 0 Å². The minimum absolute atomic E-state index is 0.160. The van der Waals surface area contributed by atoms with Crippen molar-refractivity contribution in [2.45, 2.75) is 60.7 Å². The van der Waals surface area contributed by atoms with Gasteiger partial charge in [-0.1, -0.05) is 24.4 Å². The van der Waals surface area contributed by atoms with Crippen LogP contribution in [0.4, 0.5) is 0 Å². The second kappa shape index (κ2) is 7.64. The molecule has 1 aromatic carbocycles. The van der Waals surface area contributed by atoms with Crippen molar-refractivity contribution in [3.8, 4) is 0 Å². The van der Waals surface area contributed by atoms with E-state index in [9.17, 15) is 13.2 Å². The van der Waals surface area contributed by atoms with Gasteiger partial charge in [0.15, 0.2) is 14.6 Å². The molecule has 1 aliphatic heterocycles. The highest BCUT2D eigenvalue weighted by Crippen LogP contribution is 2.41. The van der Waals surface area contributed by atoms with Crippen LogP contribution >= 0.6 is 11.6 Å². The van der Waals surface area contributed by atoms with Crippen LogP contribution in [0.2, 0.25) is 5.02 Å². The molecule has 1 amide bonds. The van der Waals surface area contributed by atoms with Gasteiger partial charge in [-0.05, 0) is 56.4 Å². The fourth-order valence-electron chi connectivity index (χ4n) is 3.78. The molecule has 2 fully saturated rings. The lowest BCUT2D eigenvalue weighted by molar-refractivity contribution is -0.123. The van der Waals surface area contributed by atoms with Crippen LogP contribution in [0.25, 0.3) is 0 Å². The normalized spacial score (nSPS) is 22.8. The number of benzene rings is 1. The van der Waals surface area contributed by atoms with Crippen LogP contribution < -0.4 is 5.32 Å². The standard InChI is InChI=1S/C18H24ClNO4S/c19-14-5-7-16(8-6-14)25(22,23)18(10-1-2-11-18)17(21)20-12-9-15-4-3-13-24-15/h5-8,15H,1-4,9-13H2,(H,20,21). The maximum atomic E-state index is 13.2. The third-order valence-corrected chi connectivity index (χ3v) is 8.01. The highest BCUT2D eigenvalue weighted by Gasteiger charge is 2.52. The molecule has 1 saturated heterocycles. The van der Waals surface area contributed by atoms with Crippen molar-refractivity contribution in [2.24, 2.45) is 0 Å². The van der Waals surface area contributed by atoms with Crippen molar-refractivity contribution in [1.29, 1.82) is 0 Å². The van der Waals surface area contributed by atoms with E-state index in [4.69, 9.17) is 16.3 Å². The molecule has 1 aromatic rings. The Morgan fingerprint density at radius 1 is 1.20 bits per heavy atom. The van der Waals surface area contributed by atoms with E-state index in [0.717, 1.165) is 38.7 Å². The molecule has 25 heavy (non-hydrogen) atoms. The zero-order valence-corrected chi connectivity index (χ0v) is 15.7. The highest BCUT2D eigenvalue weighted by molar-refractivity contribution is 7.93.